The van der Waals surface area contributed by atoms with Crippen molar-refractivity contribution in [1.82, 2.24) is 14.4 Å². The molecule has 9 heteroatoms. The summed E-state index contributed by atoms with van der Waals surface area (Å²) in [5.41, 5.74) is 2.17. The second-order valence-corrected chi connectivity index (χ2v) is 8.38. The maximum atomic E-state index is 12.4. The van der Waals surface area contributed by atoms with E-state index in [2.05, 4.69) is 4.90 Å². The summed E-state index contributed by atoms with van der Waals surface area (Å²) in [6.45, 7) is 3.34. The number of fused-ring (bicyclic) bond motifs is 2. The average Bonchev–Trinajstić information content (AvgIpc) is 3.38. The van der Waals surface area contributed by atoms with Crippen molar-refractivity contribution >= 4 is 22.8 Å². The fourth-order valence-corrected chi connectivity index (χ4v) is 4.90. The summed E-state index contributed by atoms with van der Waals surface area (Å²) in [5, 5.41) is 20.7. The van der Waals surface area contributed by atoms with E-state index in [4.69, 9.17) is 9.47 Å². The first kappa shape index (κ1) is 21.3. The Balaban J connectivity index is 1.38. The van der Waals surface area contributed by atoms with Crippen LogP contribution in [0.2, 0.25) is 0 Å². The van der Waals surface area contributed by atoms with Crippen molar-refractivity contribution in [1.29, 1.82) is 0 Å². The third-order valence-electron chi connectivity index (χ3n) is 6.47. The molecule has 1 aromatic heterocycles. The minimum absolute atomic E-state index is 0.0198. The van der Waals surface area contributed by atoms with Gasteiger partial charge < -0.3 is 24.3 Å². The van der Waals surface area contributed by atoms with Gasteiger partial charge in [-0.05, 0) is 23.8 Å². The van der Waals surface area contributed by atoms with E-state index in [0.29, 0.717) is 42.6 Å². The van der Waals surface area contributed by atoms with Gasteiger partial charge in [0, 0.05) is 56.2 Å². The van der Waals surface area contributed by atoms with Gasteiger partial charge in [-0.1, -0.05) is 24.3 Å². The maximum Gasteiger partial charge on any atom is 0.352 e. The smallest absolute Gasteiger partial charge is 0.352 e. The number of piperazine rings is 1. The number of aliphatic carboxylic acids is 1. The molecular weight excluding hydrogens is 426 g/mol. The van der Waals surface area contributed by atoms with E-state index >= 15 is 0 Å². The molecule has 0 amide bonds. The van der Waals surface area contributed by atoms with E-state index in [1.165, 1.54) is 0 Å². The molecule has 0 saturated carbocycles. The van der Waals surface area contributed by atoms with Crippen molar-refractivity contribution in [2.24, 2.45) is 7.05 Å². The molecule has 3 aromatic rings. The van der Waals surface area contributed by atoms with Gasteiger partial charge in [-0.15, -0.1) is 0 Å². The second-order valence-electron chi connectivity index (χ2n) is 8.38. The van der Waals surface area contributed by atoms with Crippen molar-refractivity contribution < 1.29 is 29.3 Å². The Morgan fingerprint density at radius 1 is 1.00 bits per heavy atom. The summed E-state index contributed by atoms with van der Waals surface area (Å²) in [6.07, 6.45) is 0. The van der Waals surface area contributed by atoms with Gasteiger partial charge in [0.25, 0.3) is 0 Å². The van der Waals surface area contributed by atoms with Gasteiger partial charge in [0.15, 0.2) is 11.5 Å². The van der Waals surface area contributed by atoms with Crippen LogP contribution in [-0.2, 0) is 18.4 Å². The number of rotatable bonds is 6. The van der Waals surface area contributed by atoms with Crippen LogP contribution in [0.15, 0.2) is 42.5 Å². The van der Waals surface area contributed by atoms with Crippen molar-refractivity contribution in [2.45, 2.75) is 12.6 Å². The Bertz CT molecular complexity index is 1230. The average molecular weight is 451 g/mol. The van der Waals surface area contributed by atoms with Crippen molar-refractivity contribution in [3.8, 4) is 11.5 Å². The van der Waals surface area contributed by atoms with Gasteiger partial charge in [0.2, 0.25) is 6.79 Å². The zero-order valence-corrected chi connectivity index (χ0v) is 18.2. The molecule has 0 unspecified atom stereocenters. The van der Waals surface area contributed by atoms with Gasteiger partial charge in [0.1, 0.15) is 11.7 Å². The Hall–Kier alpha value is -3.56. The predicted octanol–water partition coefficient (Wildman–Crippen LogP) is 2.55. The minimum atomic E-state index is -1.13. The lowest BCUT2D eigenvalue weighted by atomic mass is 10.00. The molecule has 2 aliphatic heterocycles. The van der Waals surface area contributed by atoms with E-state index in [-0.39, 0.29) is 12.5 Å². The zero-order chi connectivity index (χ0) is 23.1. The summed E-state index contributed by atoms with van der Waals surface area (Å²) in [4.78, 5) is 28.6. The van der Waals surface area contributed by atoms with E-state index < -0.39 is 18.0 Å². The molecule has 9 nitrogen and oxygen atoms in total. The highest BCUT2D eigenvalue weighted by molar-refractivity contribution is 6.01. The highest BCUT2D eigenvalue weighted by Gasteiger charge is 2.36. The number of aromatic carboxylic acids is 1. The second kappa shape index (κ2) is 8.42. The minimum Gasteiger partial charge on any atom is -0.480 e. The summed E-state index contributed by atoms with van der Waals surface area (Å²) >= 11 is 0. The third-order valence-corrected chi connectivity index (χ3v) is 6.47. The number of carboxylic acid groups (broad SMARTS) is 2. The van der Waals surface area contributed by atoms with Crippen LogP contribution in [0.1, 0.15) is 27.7 Å². The quantitative estimate of drug-likeness (QED) is 0.589. The molecule has 33 heavy (non-hydrogen) atoms. The topological polar surface area (TPSA) is 104 Å². The lowest BCUT2D eigenvalue weighted by Gasteiger charge is -2.38. The van der Waals surface area contributed by atoms with Crippen LogP contribution in [0.3, 0.4) is 0 Å². The molecule has 2 aliphatic rings. The number of carbonyl (C=O) groups is 2. The molecule has 0 aliphatic carbocycles. The Kier molecular flexibility index (Phi) is 5.43. The SMILES string of the molecule is Cn1c(C(=O)O)c([C@@H](C(=O)O)N2CCN(Cc3ccc4c(c3)OCO4)CC2)c2ccccc21. The molecule has 1 fully saturated rings. The van der Waals surface area contributed by atoms with Crippen LogP contribution in [0.5, 0.6) is 11.5 Å². The molecule has 2 N–H and O–H groups in total. The molecule has 0 radical (unpaired) electrons. The number of aromatic nitrogens is 1. The first-order valence-electron chi connectivity index (χ1n) is 10.8. The largest absolute Gasteiger partial charge is 0.480 e. The monoisotopic (exact) mass is 451 g/mol. The van der Waals surface area contributed by atoms with Gasteiger partial charge in [0.05, 0.1) is 0 Å². The highest BCUT2D eigenvalue weighted by atomic mass is 16.7. The van der Waals surface area contributed by atoms with Gasteiger partial charge in [-0.25, -0.2) is 4.79 Å². The van der Waals surface area contributed by atoms with E-state index in [0.717, 1.165) is 23.6 Å². The standard InChI is InChI=1S/C24H25N3O6/c1-25-17-5-3-2-4-16(17)20(21(25)23(28)29)22(24(30)31)27-10-8-26(9-11-27)13-15-6-7-18-19(12-15)33-14-32-18/h2-7,12,22H,8-11,13-14H2,1H3,(H,28,29)(H,30,31)/t22-/m0/s1. The van der Waals surface area contributed by atoms with Crippen molar-refractivity contribution in [2.75, 3.05) is 33.0 Å². The van der Waals surface area contributed by atoms with Crippen LogP contribution in [0.25, 0.3) is 10.9 Å². The molecular formula is C24H25N3O6. The van der Waals surface area contributed by atoms with Gasteiger partial charge in [-0.2, -0.15) is 0 Å². The number of nitrogens with zero attached hydrogens (tertiary/aromatic N) is 3. The number of hydrogen-bond donors (Lipinski definition) is 2. The summed E-state index contributed by atoms with van der Waals surface area (Å²) < 4.78 is 12.4. The molecule has 0 spiro atoms. The number of para-hydroxylation sites is 1. The van der Waals surface area contributed by atoms with Crippen LogP contribution in [0, 0.1) is 0 Å². The number of carboxylic acids is 2. The Labute approximate surface area is 190 Å². The number of hydrogen-bond acceptors (Lipinski definition) is 6. The van der Waals surface area contributed by atoms with Crippen LogP contribution in [0.4, 0.5) is 0 Å². The molecule has 1 saturated heterocycles. The maximum absolute atomic E-state index is 12.4. The van der Waals surface area contributed by atoms with Gasteiger partial charge in [-0.3, -0.25) is 14.6 Å². The van der Waals surface area contributed by atoms with E-state index in [1.807, 2.05) is 35.2 Å². The fraction of sp³-hybridized carbons (Fsp3) is 0.333. The van der Waals surface area contributed by atoms with Crippen LogP contribution >= 0.6 is 0 Å². The first-order valence-corrected chi connectivity index (χ1v) is 10.8. The lowest BCUT2D eigenvalue weighted by Crippen LogP contribution is -2.49. The summed E-state index contributed by atoms with van der Waals surface area (Å²) in [5.74, 6) is -0.680. The number of ether oxygens (including phenoxy) is 2. The number of aryl methyl sites for hydroxylation is 1. The molecule has 1 atom stereocenters. The van der Waals surface area contributed by atoms with Crippen LogP contribution in [-0.4, -0.2) is 69.5 Å². The number of benzene rings is 2. The molecule has 3 heterocycles. The van der Waals surface area contributed by atoms with Crippen molar-refractivity contribution in [3.63, 3.8) is 0 Å². The van der Waals surface area contributed by atoms with E-state index in [9.17, 15) is 19.8 Å². The Morgan fingerprint density at radius 3 is 2.45 bits per heavy atom. The summed E-state index contributed by atoms with van der Waals surface area (Å²) in [7, 11) is 1.66. The first-order chi connectivity index (χ1) is 15.9. The van der Waals surface area contributed by atoms with Crippen LogP contribution < -0.4 is 9.47 Å². The third kappa shape index (κ3) is 3.79. The molecule has 172 valence electrons. The van der Waals surface area contributed by atoms with E-state index in [1.54, 1.807) is 23.7 Å². The molecule has 5 rings (SSSR count). The Morgan fingerprint density at radius 2 is 1.73 bits per heavy atom. The fourth-order valence-electron chi connectivity index (χ4n) is 4.90. The zero-order valence-electron chi connectivity index (χ0n) is 18.2. The molecule has 0 bridgehead atoms. The summed E-state index contributed by atoms with van der Waals surface area (Å²) in [6, 6.07) is 12.1. The van der Waals surface area contributed by atoms with Crippen molar-refractivity contribution in [3.05, 3.63) is 59.3 Å². The lowest BCUT2D eigenvalue weighted by molar-refractivity contribution is -0.144. The molecule has 2 aromatic carbocycles. The normalized spacial score (nSPS) is 17.4. The van der Waals surface area contributed by atoms with Gasteiger partial charge >= 0.3 is 11.9 Å². The highest BCUT2D eigenvalue weighted by Crippen LogP contribution is 2.35. The predicted molar refractivity (Wildman–Crippen MR) is 120 cm³/mol.